The maximum Gasteiger partial charge on any atom is 0.256 e. The third kappa shape index (κ3) is 3.03. The van der Waals surface area contributed by atoms with E-state index in [2.05, 4.69) is 4.98 Å². The van der Waals surface area contributed by atoms with Crippen molar-refractivity contribution in [1.82, 2.24) is 9.88 Å². The molecule has 0 radical (unpaired) electrons. The number of carbonyl (C=O) groups is 1. The number of benzene rings is 1. The average Bonchev–Trinajstić information content (AvgIpc) is 2.51. The summed E-state index contributed by atoms with van der Waals surface area (Å²) in [5.74, 6) is 0.408. The zero-order valence-corrected chi connectivity index (χ0v) is 11.4. The number of amides is 1. The van der Waals surface area contributed by atoms with Gasteiger partial charge in [-0.1, -0.05) is 30.3 Å². The topological polar surface area (TPSA) is 62.7 Å². The Balaban J connectivity index is 1.53. The van der Waals surface area contributed by atoms with Crippen molar-refractivity contribution in [2.75, 3.05) is 13.1 Å². The molecule has 0 spiro atoms. The highest BCUT2D eigenvalue weighted by Gasteiger charge is 2.35. The van der Waals surface area contributed by atoms with Gasteiger partial charge >= 0.3 is 0 Å². The van der Waals surface area contributed by atoms with E-state index in [0.717, 1.165) is 0 Å². The van der Waals surface area contributed by atoms with Crippen LogP contribution in [0.2, 0.25) is 0 Å². The van der Waals surface area contributed by atoms with Crippen LogP contribution in [0.15, 0.2) is 54.9 Å². The number of pyridine rings is 1. The zero-order valence-electron chi connectivity index (χ0n) is 11.4. The van der Waals surface area contributed by atoms with Gasteiger partial charge in [0.25, 0.3) is 5.91 Å². The molecule has 2 heterocycles. The molecule has 1 amide bonds. The lowest BCUT2D eigenvalue weighted by Gasteiger charge is -2.39. The smallest absolute Gasteiger partial charge is 0.256 e. The fourth-order valence-electron chi connectivity index (χ4n) is 2.25. The van der Waals surface area contributed by atoms with Crippen LogP contribution in [0.4, 0.5) is 0 Å². The average molecular weight is 284 g/mol. The van der Waals surface area contributed by atoms with Crippen LogP contribution >= 0.6 is 0 Å². The van der Waals surface area contributed by atoms with Crippen LogP contribution in [-0.2, 0) is 4.79 Å². The number of ether oxygens (including phenoxy) is 1. The van der Waals surface area contributed by atoms with E-state index in [1.165, 1.54) is 0 Å². The second kappa shape index (κ2) is 5.93. The maximum atomic E-state index is 12.1. The van der Waals surface area contributed by atoms with Gasteiger partial charge in [-0.15, -0.1) is 0 Å². The molecule has 1 aromatic carbocycles. The number of likely N-dealkylation sites (tertiary alicyclic amines) is 1. The van der Waals surface area contributed by atoms with E-state index in [1.807, 2.05) is 12.1 Å². The van der Waals surface area contributed by atoms with Crippen molar-refractivity contribution in [2.24, 2.45) is 0 Å². The van der Waals surface area contributed by atoms with Crippen LogP contribution in [0.25, 0.3) is 0 Å². The first-order chi connectivity index (χ1) is 10.2. The maximum absolute atomic E-state index is 12.1. The number of aromatic nitrogens is 1. The normalized spacial score (nSPS) is 16.1. The minimum atomic E-state index is -1.11. The van der Waals surface area contributed by atoms with Crippen molar-refractivity contribution >= 4 is 5.91 Å². The van der Waals surface area contributed by atoms with E-state index in [-0.39, 0.29) is 12.0 Å². The number of aliphatic hydroxyl groups is 1. The van der Waals surface area contributed by atoms with Crippen LogP contribution in [0.1, 0.15) is 11.7 Å². The molecule has 5 nitrogen and oxygen atoms in total. The lowest BCUT2D eigenvalue weighted by atomic mass is 10.1. The Morgan fingerprint density at radius 1 is 1.24 bits per heavy atom. The van der Waals surface area contributed by atoms with Crippen molar-refractivity contribution < 1.29 is 14.6 Å². The van der Waals surface area contributed by atoms with E-state index < -0.39 is 6.10 Å². The molecule has 1 aliphatic heterocycles. The van der Waals surface area contributed by atoms with Gasteiger partial charge in [-0.2, -0.15) is 0 Å². The van der Waals surface area contributed by atoms with Gasteiger partial charge < -0.3 is 14.7 Å². The van der Waals surface area contributed by atoms with Crippen molar-refractivity contribution in [1.29, 1.82) is 0 Å². The fraction of sp³-hybridized carbons (Fsp3) is 0.250. The second-order valence-electron chi connectivity index (χ2n) is 4.99. The number of hydrogen-bond acceptors (Lipinski definition) is 4. The first-order valence-electron chi connectivity index (χ1n) is 6.82. The number of aliphatic hydroxyl groups excluding tert-OH is 1. The molecule has 1 fully saturated rings. The highest BCUT2D eigenvalue weighted by Crippen LogP contribution is 2.22. The molecule has 3 rings (SSSR count). The molecule has 0 saturated carbocycles. The van der Waals surface area contributed by atoms with Crippen LogP contribution < -0.4 is 4.74 Å². The van der Waals surface area contributed by atoms with E-state index in [4.69, 9.17) is 4.74 Å². The summed E-state index contributed by atoms with van der Waals surface area (Å²) in [4.78, 5) is 17.7. The quantitative estimate of drug-likeness (QED) is 0.922. The van der Waals surface area contributed by atoms with Gasteiger partial charge in [0.2, 0.25) is 0 Å². The molecule has 0 bridgehead atoms. The molecule has 1 N–H and O–H groups in total. The predicted octanol–water partition coefficient (Wildman–Crippen LogP) is 1.40. The summed E-state index contributed by atoms with van der Waals surface area (Å²) in [7, 11) is 0. The SMILES string of the molecule is O=C([C@@H](O)c1ccccc1)N1CC(Oc2cccnc2)C1. The van der Waals surface area contributed by atoms with E-state index in [0.29, 0.717) is 24.4 Å². The van der Waals surface area contributed by atoms with E-state index in [9.17, 15) is 9.90 Å². The molecule has 5 heteroatoms. The van der Waals surface area contributed by atoms with Crippen LogP contribution in [0.3, 0.4) is 0 Å². The molecule has 1 aromatic heterocycles. The van der Waals surface area contributed by atoms with Gasteiger partial charge in [-0.25, -0.2) is 0 Å². The third-order valence-corrected chi connectivity index (χ3v) is 3.45. The summed E-state index contributed by atoms with van der Waals surface area (Å²) < 4.78 is 5.68. The molecule has 21 heavy (non-hydrogen) atoms. The summed E-state index contributed by atoms with van der Waals surface area (Å²) in [5, 5.41) is 10.1. The summed E-state index contributed by atoms with van der Waals surface area (Å²) in [5.41, 5.74) is 0.610. The van der Waals surface area contributed by atoms with Gasteiger partial charge in [-0.05, 0) is 17.7 Å². The minimum absolute atomic E-state index is 0.0406. The fourth-order valence-corrected chi connectivity index (χ4v) is 2.25. The second-order valence-corrected chi connectivity index (χ2v) is 4.99. The molecule has 1 atom stereocenters. The largest absolute Gasteiger partial charge is 0.485 e. The zero-order chi connectivity index (χ0) is 14.7. The summed E-state index contributed by atoms with van der Waals surface area (Å²) in [6, 6.07) is 12.6. The van der Waals surface area contributed by atoms with Crippen LogP contribution in [0, 0.1) is 0 Å². The highest BCUT2D eigenvalue weighted by atomic mass is 16.5. The Kier molecular flexibility index (Phi) is 3.83. The van der Waals surface area contributed by atoms with Gasteiger partial charge in [0.15, 0.2) is 6.10 Å². The predicted molar refractivity (Wildman–Crippen MR) is 76.6 cm³/mol. The Morgan fingerprint density at radius 2 is 2.00 bits per heavy atom. The molecule has 0 unspecified atom stereocenters. The lowest BCUT2D eigenvalue weighted by molar-refractivity contribution is -0.149. The molecule has 108 valence electrons. The Labute approximate surface area is 122 Å². The molecule has 1 aliphatic rings. The number of nitrogens with zero attached hydrogens (tertiary/aromatic N) is 2. The van der Waals surface area contributed by atoms with Crippen molar-refractivity contribution in [3.63, 3.8) is 0 Å². The molecule has 0 aliphatic carbocycles. The molecule has 2 aromatic rings. The molecular weight excluding hydrogens is 268 g/mol. The van der Waals surface area contributed by atoms with Crippen LogP contribution in [-0.4, -0.2) is 40.1 Å². The first kappa shape index (κ1) is 13.6. The van der Waals surface area contributed by atoms with Crippen molar-refractivity contribution in [2.45, 2.75) is 12.2 Å². The highest BCUT2D eigenvalue weighted by molar-refractivity contribution is 5.82. The number of carbonyl (C=O) groups excluding carboxylic acids is 1. The standard InChI is InChI=1S/C16H16N2O3/c19-15(12-5-2-1-3-6-12)16(20)18-10-14(11-18)21-13-7-4-8-17-9-13/h1-9,14-15,19H,10-11H2/t15-/m0/s1. The first-order valence-corrected chi connectivity index (χ1v) is 6.82. The summed E-state index contributed by atoms with van der Waals surface area (Å²) >= 11 is 0. The van der Waals surface area contributed by atoms with Gasteiger partial charge in [0.1, 0.15) is 11.9 Å². The third-order valence-electron chi connectivity index (χ3n) is 3.45. The summed E-state index contributed by atoms with van der Waals surface area (Å²) in [6.07, 6.45) is 2.18. The van der Waals surface area contributed by atoms with Gasteiger partial charge in [0.05, 0.1) is 19.3 Å². The monoisotopic (exact) mass is 284 g/mol. The Bertz CT molecular complexity index is 597. The number of hydrogen-bond donors (Lipinski definition) is 1. The van der Waals surface area contributed by atoms with Crippen LogP contribution in [0.5, 0.6) is 5.75 Å². The summed E-state index contributed by atoms with van der Waals surface area (Å²) in [6.45, 7) is 0.968. The molecule has 1 saturated heterocycles. The minimum Gasteiger partial charge on any atom is -0.485 e. The van der Waals surface area contributed by atoms with Gasteiger partial charge in [-0.3, -0.25) is 9.78 Å². The van der Waals surface area contributed by atoms with E-state index in [1.54, 1.807) is 47.6 Å². The lowest BCUT2D eigenvalue weighted by Crippen LogP contribution is -2.57. The van der Waals surface area contributed by atoms with E-state index >= 15 is 0 Å². The van der Waals surface area contributed by atoms with Crippen molar-refractivity contribution in [3.8, 4) is 5.75 Å². The molecular formula is C16H16N2O3. The van der Waals surface area contributed by atoms with Gasteiger partial charge in [0, 0.05) is 6.20 Å². The number of rotatable bonds is 4. The Morgan fingerprint density at radius 3 is 2.67 bits per heavy atom. The van der Waals surface area contributed by atoms with Crippen molar-refractivity contribution in [3.05, 3.63) is 60.4 Å². The Hall–Kier alpha value is -2.40.